The zero-order valence-corrected chi connectivity index (χ0v) is 34.9. The van der Waals surface area contributed by atoms with Gasteiger partial charge >= 0.3 is 0 Å². The molecule has 0 fully saturated rings. The number of hydrogen-bond acceptors (Lipinski definition) is 2. The SMILES string of the molecule is C=C.CC(C)c1ccc(N=P(c2ccccc2)(c2ccccc2)c2ccc(P(=Nc3ccc(C(C)C)cc3)(c3ccccc3)c3ccccc3)[n-]2)cc1.[Rh]. The molecule has 0 N–H and O–H groups in total. The van der Waals surface area contributed by atoms with Crippen LogP contribution in [0.3, 0.4) is 0 Å². The van der Waals surface area contributed by atoms with Gasteiger partial charge in [-0.15, -0.1) is 24.0 Å². The molecule has 3 nitrogen and oxygen atoms in total. The second-order valence-electron chi connectivity index (χ2n) is 13.5. The van der Waals surface area contributed by atoms with Crippen molar-refractivity contribution in [3.05, 3.63) is 206 Å². The van der Waals surface area contributed by atoms with Crippen LogP contribution in [0.2, 0.25) is 0 Å². The van der Waals surface area contributed by atoms with Gasteiger partial charge in [-0.05, 0) is 68.4 Å². The van der Waals surface area contributed by atoms with Crippen LogP contribution < -0.4 is 37.1 Å². The molecule has 1 aromatic heterocycles. The summed E-state index contributed by atoms with van der Waals surface area (Å²) >= 11 is 0. The second-order valence-corrected chi connectivity index (χ2v) is 19.4. The van der Waals surface area contributed by atoms with Crippen LogP contribution in [0.25, 0.3) is 0 Å². The number of benzene rings is 6. The average molecular weight is 832 g/mol. The Morgan fingerprint density at radius 3 is 0.889 bits per heavy atom. The monoisotopic (exact) mass is 831 g/mol. The standard InChI is InChI=1S/C46H44N3P2.C2H4.Rh/c1-35(2)37-25-29-39(30-26-37)48-50(41-17-9-5-10-18-41,42-19-11-6-12-20-42)45-33-34-46(47-45)51(43-21-13-7-14-22-43,44-23-15-8-16-24-44)49-40-31-27-38(28-32-40)36(3)4;1-2;/h5-36H,1-4H3;1-2H2;/q-1;;. The molecule has 0 saturated carbocycles. The molecule has 7 rings (SSSR count). The van der Waals surface area contributed by atoms with Crippen LogP contribution in [-0.2, 0) is 19.5 Å². The van der Waals surface area contributed by atoms with Gasteiger partial charge in [0.1, 0.15) is 0 Å². The van der Waals surface area contributed by atoms with Crippen molar-refractivity contribution in [3.63, 3.8) is 0 Å². The molecule has 0 saturated heterocycles. The second kappa shape index (κ2) is 18.6. The van der Waals surface area contributed by atoms with Crippen LogP contribution in [0, 0.1) is 0 Å². The first-order valence-corrected chi connectivity index (χ1v) is 21.7. The van der Waals surface area contributed by atoms with E-state index in [0.29, 0.717) is 11.8 Å². The van der Waals surface area contributed by atoms with E-state index in [4.69, 9.17) is 14.5 Å². The number of rotatable bonds is 10. The summed E-state index contributed by atoms with van der Waals surface area (Å²) < 4.78 is 11.6. The summed E-state index contributed by atoms with van der Waals surface area (Å²) in [5, 5.41) is 4.66. The van der Waals surface area contributed by atoms with Crippen molar-refractivity contribution in [3.8, 4) is 0 Å². The van der Waals surface area contributed by atoms with Gasteiger partial charge in [0.2, 0.25) is 0 Å². The molecule has 1 heterocycles. The van der Waals surface area contributed by atoms with Crippen LogP contribution in [0.15, 0.2) is 205 Å². The maximum atomic E-state index is 5.78. The normalized spacial score (nSPS) is 11.3. The topological polar surface area (TPSA) is 38.8 Å². The molecule has 0 spiro atoms. The first-order chi connectivity index (χ1) is 25.9. The Hall–Kier alpha value is -4.58. The van der Waals surface area contributed by atoms with E-state index >= 15 is 0 Å². The van der Waals surface area contributed by atoms with Gasteiger partial charge in [-0.25, -0.2) is 0 Å². The summed E-state index contributed by atoms with van der Waals surface area (Å²) in [4.78, 5) is 5.76. The van der Waals surface area contributed by atoms with E-state index in [2.05, 4.69) is 223 Å². The molecule has 0 aliphatic heterocycles. The Bertz CT molecular complexity index is 2060. The van der Waals surface area contributed by atoms with Crippen LogP contribution >= 0.6 is 14.1 Å². The summed E-state index contributed by atoms with van der Waals surface area (Å²) in [6.45, 7) is 14.9. The molecule has 1 radical (unpaired) electrons. The first-order valence-electron chi connectivity index (χ1n) is 18.2. The van der Waals surface area contributed by atoms with Gasteiger partial charge < -0.3 is 4.98 Å². The molecule has 6 aromatic carbocycles. The van der Waals surface area contributed by atoms with Crippen molar-refractivity contribution < 1.29 is 19.5 Å². The molecule has 7 aromatic rings. The van der Waals surface area contributed by atoms with E-state index in [1.165, 1.54) is 32.3 Å². The molecule has 0 bridgehead atoms. The number of aromatic nitrogens is 1. The van der Waals surface area contributed by atoms with E-state index in [0.717, 1.165) is 22.2 Å². The first kappa shape index (κ1) is 40.6. The van der Waals surface area contributed by atoms with Crippen molar-refractivity contribution >= 4 is 57.6 Å². The third-order valence-electron chi connectivity index (χ3n) is 9.44. The molecule has 54 heavy (non-hydrogen) atoms. The van der Waals surface area contributed by atoms with Crippen molar-refractivity contribution in [2.24, 2.45) is 9.49 Å². The molecule has 6 heteroatoms. The molecule has 0 aliphatic carbocycles. The smallest absolute Gasteiger partial charge is 0.0624 e. The fourth-order valence-corrected chi connectivity index (χ4v) is 13.5. The summed E-state index contributed by atoms with van der Waals surface area (Å²) in [6.07, 6.45) is 0. The van der Waals surface area contributed by atoms with Gasteiger partial charge in [0, 0.05) is 33.6 Å². The van der Waals surface area contributed by atoms with Gasteiger partial charge in [0.25, 0.3) is 0 Å². The molecule has 0 aliphatic rings. The Morgan fingerprint density at radius 2 is 0.648 bits per heavy atom. The molecule has 0 amide bonds. The van der Waals surface area contributed by atoms with Crippen molar-refractivity contribution in [2.75, 3.05) is 0 Å². The minimum atomic E-state index is -2.66. The minimum Gasteiger partial charge on any atom is -0.654 e. The largest absolute Gasteiger partial charge is 0.654 e. The van der Waals surface area contributed by atoms with E-state index in [1.807, 2.05) is 0 Å². The van der Waals surface area contributed by atoms with Gasteiger partial charge in [-0.1, -0.05) is 185 Å². The van der Waals surface area contributed by atoms with Gasteiger partial charge in [0.15, 0.2) is 0 Å². The zero-order chi connectivity index (χ0) is 37.3. The fraction of sp³-hybridized carbons (Fsp3) is 0.125. The van der Waals surface area contributed by atoms with E-state index in [1.54, 1.807) is 0 Å². The average Bonchev–Trinajstić information content (AvgIpc) is 3.72. The minimum absolute atomic E-state index is 0. The molecule has 275 valence electrons. The van der Waals surface area contributed by atoms with Gasteiger partial charge in [0.05, 0.1) is 11.4 Å². The Balaban J connectivity index is 0.00000184. The van der Waals surface area contributed by atoms with Crippen molar-refractivity contribution in [1.29, 1.82) is 0 Å². The van der Waals surface area contributed by atoms with E-state index in [9.17, 15) is 0 Å². The quantitative estimate of drug-likeness (QED) is 0.0769. The summed E-state index contributed by atoms with van der Waals surface area (Å²) in [5.74, 6) is 0.888. The van der Waals surface area contributed by atoms with Crippen molar-refractivity contribution in [2.45, 2.75) is 39.5 Å². The van der Waals surface area contributed by atoms with Gasteiger partial charge in [-0.3, -0.25) is 9.49 Å². The maximum Gasteiger partial charge on any atom is 0.0624 e. The summed E-state index contributed by atoms with van der Waals surface area (Å²) in [7, 11) is -5.31. The van der Waals surface area contributed by atoms with Crippen LogP contribution in [0.4, 0.5) is 11.4 Å². The van der Waals surface area contributed by atoms with Crippen LogP contribution in [0.5, 0.6) is 0 Å². The molecular weight excluding hydrogens is 783 g/mol. The number of hydrogen-bond donors (Lipinski definition) is 0. The molecule has 0 unspecified atom stereocenters. The summed E-state index contributed by atoms with van der Waals surface area (Å²) in [5.41, 5.74) is 6.46. The predicted molar refractivity (Wildman–Crippen MR) is 234 cm³/mol. The number of nitrogens with zero attached hydrogens (tertiary/aromatic N) is 3. The van der Waals surface area contributed by atoms with E-state index in [-0.39, 0.29) is 19.5 Å². The zero-order valence-electron chi connectivity index (χ0n) is 31.5. The van der Waals surface area contributed by atoms with Crippen LogP contribution in [-0.4, -0.2) is 0 Å². The Labute approximate surface area is 335 Å². The fourth-order valence-electron chi connectivity index (χ4n) is 6.64. The van der Waals surface area contributed by atoms with Gasteiger partial charge in [-0.2, -0.15) is 0 Å². The third-order valence-corrected chi connectivity index (χ3v) is 16.5. The molecule has 0 atom stereocenters. The molecular formula is C48H48N3P2Rh-. The Morgan fingerprint density at radius 1 is 0.389 bits per heavy atom. The van der Waals surface area contributed by atoms with Crippen LogP contribution in [0.1, 0.15) is 50.7 Å². The van der Waals surface area contributed by atoms with E-state index < -0.39 is 14.1 Å². The Kier molecular flexibility index (Phi) is 14.0. The summed E-state index contributed by atoms with van der Waals surface area (Å²) in [6, 6.07) is 65.0. The maximum absolute atomic E-state index is 5.78. The van der Waals surface area contributed by atoms with Crippen molar-refractivity contribution in [1.82, 2.24) is 4.98 Å². The predicted octanol–water partition coefficient (Wildman–Crippen LogP) is 11.3. The third kappa shape index (κ3) is 8.38.